The van der Waals surface area contributed by atoms with Crippen molar-refractivity contribution in [2.24, 2.45) is 5.92 Å². The predicted octanol–water partition coefficient (Wildman–Crippen LogP) is 2.45. The molecule has 7 nitrogen and oxygen atoms in total. The van der Waals surface area contributed by atoms with Crippen LogP contribution in [0.1, 0.15) is 40.5 Å². The molecule has 1 aromatic carbocycles. The number of nitrogens with zero attached hydrogens (tertiary/aromatic N) is 1. The number of rotatable bonds is 9. The molecule has 0 aromatic heterocycles. The first kappa shape index (κ1) is 22.6. The van der Waals surface area contributed by atoms with Crippen molar-refractivity contribution in [3.05, 3.63) is 24.3 Å². The molecule has 1 heterocycles. The molecule has 158 valence electrons. The Labute approximate surface area is 168 Å². The van der Waals surface area contributed by atoms with Crippen molar-refractivity contribution in [2.45, 2.75) is 51.8 Å². The largest absolute Gasteiger partial charge is 0.494 e. The molecule has 0 aliphatic carbocycles. The van der Waals surface area contributed by atoms with Crippen molar-refractivity contribution in [3.8, 4) is 5.75 Å². The highest BCUT2D eigenvalue weighted by Crippen LogP contribution is 2.20. The molecule has 1 amide bonds. The minimum absolute atomic E-state index is 0.0624. The van der Waals surface area contributed by atoms with Gasteiger partial charge in [0.15, 0.2) is 0 Å². The van der Waals surface area contributed by atoms with Crippen LogP contribution in [0, 0.1) is 5.92 Å². The summed E-state index contributed by atoms with van der Waals surface area (Å²) in [6.07, 6.45) is 1.92. The maximum absolute atomic E-state index is 12.6. The van der Waals surface area contributed by atoms with Gasteiger partial charge in [-0.15, -0.1) is 0 Å². The molecule has 0 saturated carbocycles. The Bertz CT molecular complexity index is 734. The summed E-state index contributed by atoms with van der Waals surface area (Å²) in [7, 11) is -3.26. The van der Waals surface area contributed by atoms with Gasteiger partial charge in [-0.3, -0.25) is 9.69 Å². The van der Waals surface area contributed by atoms with E-state index in [9.17, 15) is 13.2 Å². The van der Waals surface area contributed by atoms with E-state index in [2.05, 4.69) is 14.9 Å². The fraction of sp³-hybridized carbons (Fsp3) is 0.650. The number of benzene rings is 1. The van der Waals surface area contributed by atoms with E-state index < -0.39 is 15.3 Å². The van der Waals surface area contributed by atoms with Crippen molar-refractivity contribution < 1.29 is 17.9 Å². The monoisotopic (exact) mass is 411 g/mol. The van der Waals surface area contributed by atoms with Gasteiger partial charge in [0, 0.05) is 18.8 Å². The van der Waals surface area contributed by atoms with E-state index in [1.807, 2.05) is 38.1 Å². The fourth-order valence-corrected chi connectivity index (χ4v) is 4.03. The van der Waals surface area contributed by atoms with Crippen LogP contribution in [0.4, 0.5) is 5.69 Å². The summed E-state index contributed by atoms with van der Waals surface area (Å²) in [6.45, 7) is 9.73. The Kier molecular flexibility index (Phi) is 8.27. The maximum atomic E-state index is 12.6. The van der Waals surface area contributed by atoms with Gasteiger partial charge in [0.2, 0.25) is 15.9 Å². The maximum Gasteiger partial charge on any atom is 0.241 e. The molecule has 1 fully saturated rings. The average molecular weight is 412 g/mol. The minimum atomic E-state index is -3.26. The van der Waals surface area contributed by atoms with Crippen molar-refractivity contribution in [1.82, 2.24) is 9.62 Å². The number of nitrogens with one attached hydrogen (secondary N) is 2. The highest BCUT2D eigenvalue weighted by Gasteiger charge is 2.28. The van der Waals surface area contributed by atoms with Gasteiger partial charge in [0.25, 0.3) is 0 Å². The van der Waals surface area contributed by atoms with Gasteiger partial charge >= 0.3 is 0 Å². The first-order chi connectivity index (χ1) is 13.2. The molecule has 8 heteroatoms. The van der Waals surface area contributed by atoms with Crippen molar-refractivity contribution in [1.29, 1.82) is 0 Å². The average Bonchev–Trinajstić information content (AvgIpc) is 2.67. The van der Waals surface area contributed by atoms with E-state index in [4.69, 9.17) is 4.74 Å². The molecule has 0 radical (unpaired) electrons. The summed E-state index contributed by atoms with van der Waals surface area (Å²) < 4.78 is 32.1. The molecule has 2 N–H and O–H groups in total. The van der Waals surface area contributed by atoms with E-state index >= 15 is 0 Å². The predicted molar refractivity (Wildman–Crippen MR) is 112 cm³/mol. The van der Waals surface area contributed by atoms with Crippen LogP contribution in [0.15, 0.2) is 24.3 Å². The second kappa shape index (κ2) is 10.2. The van der Waals surface area contributed by atoms with Gasteiger partial charge in [-0.25, -0.2) is 13.1 Å². The standard InChI is InChI=1S/C20H33N3O4S/c1-5-27-19-10-8-18(9-11-19)22-20(24)16(4)23-12-6-7-17(14-23)13-21-28(25,26)15(2)3/h8-11,15-17,21H,5-7,12-14H2,1-4H3,(H,22,24)/t16-,17-/m0/s1. The molecule has 1 saturated heterocycles. The van der Waals surface area contributed by atoms with Crippen molar-refractivity contribution in [2.75, 3.05) is 31.6 Å². The number of carbonyl (C=O) groups is 1. The second-order valence-corrected chi connectivity index (χ2v) is 9.89. The first-order valence-corrected chi connectivity index (χ1v) is 11.5. The normalized spacial score (nSPS) is 19.4. The van der Waals surface area contributed by atoms with Gasteiger partial charge in [-0.1, -0.05) is 0 Å². The summed E-state index contributed by atoms with van der Waals surface area (Å²) in [5.41, 5.74) is 0.735. The molecular formula is C20H33N3O4S. The Hall–Kier alpha value is -1.64. The molecule has 1 aromatic rings. The zero-order valence-corrected chi connectivity index (χ0v) is 18.1. The van der Waals surface area contributed by atoms with Gasteiger partial charge in [-0.2, -0.15) is 0 Å². The SMILES string of the molecule is CCOc1ccc(NC(=O)[C@H](C)N2CCC[C@@H](CNS(=O)(=O)C(C)C)C2)cc1. The zero-order chi connectivity index (χ0) is 20.7. The number of hydrogen-bond donors (Lipinski definition) is 2. The third-order valence-corrected chi connectivity index (χ3v) is 6.91. The van der Waals surface area contributed by atoms with Crippen LogP contribution in [-0.2, 0) is 14.8 Å². The molecular weight excluding hydrogens is 378 g/mol. The molecule has 2 rings (SSSR count). The highest BCUT2D eigenvalue weighted by molar-refractivity contribution is 7.90. The summed E-state index contributed by atoms with van der Waals surface area (Å²) in [5.74, 6) is 0.923. The highest BCUT2D eigenvalue weighted by atomic mass is 32.2. The molecule has 0 bridgehead atoms. The van der Waals surface area contributed by atoms with Crippen LogP contribution >= 0.6 is 0 Å². The lowest BCUT2D eigenvalue weighted by atomic mass is 9.97. The summed E-state index contributed by atoms with van der Waals surface area (Å²) in [6, 6.07) is 7.05. The third kappa shape index (κ3) is 6.46. The number of hydrogen-bond acceptors (Lipinski definition) is 5. The smallest absolute Gasteiger partial charge is 0.241 e. The molecule has 28 heavy (non-hydrogen) atoms. The molecule has 2 atom stereocenters. The fourth-order valence-electron chi connectivity index (χ4n) is 3.23. The molecule has 0 unspecified atom stereocenters. The third-order valence-electron chi connectivity index (χ3n) is 5.10. The van der Waals surface area contributed by atoms with Crippen LogP contribution in [0.25, 0.3) is 0 Å². The number of piperidine rings is 1. The summed E-state index contributed by atoms with van der Waals surface area (Å²) >= 11 is 0. The quantitative estimate of drug-likeness (QED) is 0.652. The minimum Gasteiger partial charge on any atom is -0.494 e. The van der Waals surface area contributed by atoms with Crippen molar-refractivity contribution >= 4 is 21.6 Å². The van der Waals surface area contributed by atoms with Crippen LogP contribution in [-0.4, -0.2) is 56.8 Å². The number of likely N-dealkylation sites (tertiary alicyclic amines) is 1. The van der Waals surface area contributed by atoms with Crippen LogP contribution in [0.5, 0.6) is 5.75 Å². The first-order valence-electron chi connectivity index (χ1n) is 9.99. The number of sulfonamides is 1. The number of anilines is 1. The lowest BCUT2D eigenvalue weighted by Gasteiger charge is -2.36. The van der Waals surface area contributed by atoms with E-state index in [-0.39, 0.29) is 17.9 Å². The van der Waals surface area contributed by atoms with Gasteiger partial charge < -0.3 is 10.1 Å². The Balaban J connectivity index is 1.88. The van der Waals surface area contributed by atoms with Crippen LogP contribution < -0.4 is 14.8 Å². The zero-order valence-electron chi connectivity index (χ0n) is 17.3. The second-order valence-electron chi connectivity index (χ2n) is 7.57. The lowest BCUT2D eigenvalue weighted by Crippen LogP contribution is -2.49. The van der Waals surface area contributed by atoms with Gasteiger partial charge in [-0.05, 0) is 77.3 Å². The number of carbonyl (C=O) groups excluding carboxylic acids is 1. The van der Waals surface area contributed by atoms with E-state index in [0.717, 1.165) is 30.8 Å². The van der Waals surface area contributed by atoms with Crippen LogP contribution in [0.2, 0.25) is 0 Å². The summed E-state index contributed by atoms with van der Waals surface area (Å²) in [4.78, 5) is 14.8. The van der Waals surface area contributed by atoms with Crippen molar-refractivity contribution in [3.63, 3.8) is 0 Å². The van der Waals surface area contributed by atoms with Gasteiger partial charge in [0.1, 0.15) is 5.75 Å². The van der Waals surface area contributed by atoms with E-state index in [1.165, 1.54) is 0 Å². The van der Waals surface area contributed by atoms with Crippen LogP contribution in [0.3, 0.4) is 0 Å². The van der Waals surface area contributed by atoms with E-state index in [1.54, 1.807) is 13.8 Å². The Morgan fingerprint density at radius 1 is 1.25 bits per heavy atom. The lowest BCUT2D eigenvalue weighted by molar-refractivity contribution is -0.121. The number of ether oxygens (including phenoxy) is 1. The molecule has 1 aliphatic rings. The summed E-state index contributed by atoms with van der Waals surface area (Å²) in [5, 5.41) is 2.51. The Morgan fingerprint density at radius 3 is 2.54 bits per heavy atom. The number of amides is 1. The van der Waals surface area contributed by atoms with E-state index in [0.29, 0.717) is 19.7 Å². The molecule has 1 aliphatic heterocycles. The Morgan fingerprint density at radius 2 is 1.93 bits per heavy atom. The topological polar surface area (TPSA) is 87.7 Å². The van der Waals surface area contributed by atoms with Gasteiger partial charge in [0.05, 0.1) is 17.9 Å². The molecule has 0 spiro atoms.